The van der Waals surface area contributed by atoms with Crippen molar-refractivity contribution in [3.63, 3.8) is 0 Å². The van der Waals surface area contributed by atoms with Gasteiger partial charge < -0.3 is 9.47 Å². The third-order valence-electron chi connectivity index (χ3n) is 2.77. The second kappa shape index (κ2) is 6.95. The van der Waals surface area contributed by atoms with Crippen molar-refractivity contribution >= 4 is 17.3 Å². The number of hydrogen-bond acceptors (Lipinski definition) is 4. The molecule has 0 aliphatic heterocycles. The molecule has 0 bridgehead atoms. The lowest BCUT2D eigenvalue weighted by molar-refractivity contribution is -0.384. The van der Waals surface area contributed by atoms with Gasteiger partial charge in [-0.05, 0) is 25.1 Å². The molecule has 0 amide bonds. The highest BCUT2D eigenvalue weighted by Crippen LogP contribution is 2.34. The van der Waals surface area contributed by atoms with Crippen LogP contribution < -0.4 is 9.47 Å². The van der Waals surface area contributed by atoms with Crippen molar-refractivity contribution in [2.24, 2.45) is 0 Å². The van der Waals surface area contributed by atoms with Gasteiger partial charge in [-0.3, -0.25) is 10.1 Å². The van der Waals surface area contributed by atoms with Crippen molar-refractivity contribution in [2.45, 2.75) is 12.8 Å². The van der Waals surface area contributed by atoms with Gasteiger partial charge in [0.1, 0.15) is 5.75 Å². The van der Waals surface area contributed by atoms with E-state index in [9.17, 15) is 10.1 Å². The molecule has 5 nitrogen and oxygen atoms in total. The van der Waals surface area contributed by atoms with E-state index in [0.29, 0.717) is 29.4 Å². The molecule has 0 N–H and O–H groups in total. The molecular formula is C15H14ClNO4. The van der Waals surface area contributed by atoms with Crippen LogP contribution in [0.1, 0.15) is 12.5 Å². The first-order valence-electron chi connectivity index (χ1n) is 6.38. The lowest BCUT2D eigenvalue weighted by Crippen LogP contribution is -1.97. The maximum atomic E-state index is 10.8. The van der Waals surface area contributed by atoms with Crippen molar-refractivity contribution in [1.29, 1.82) is 0 Å². The quantitative estimate of drug-likeness (QED) is 0.447. The van der Waals surface area contributed by atoms with Crippen LogP contribution in [0.2, 0.25) is 0 Å². The standard InChI is InChI=1S/C15H14ClNO4/c1-2-20-14-5-3-4-6-15(14)21-13-8-7-12(17(18)19)9-11(13)10-16/h3-9H,2,10H2,1H3. The van der Waals surface area contributed by atoms with E-state index >= 15 is 0 Å². The van der Waals surface area contributed by atoms with Crippen LogP contribution in [-0.4, -0.2) is 11.5 Å². The van der Waals surface area contributed by atoms with Crippen LogP contribution in [0.4, 0.5) is 5.69 Å². The SMILES string of the molecule is CCOc1ccccc1Oc1ccc([N+](=O)[O-])cc1CCl. The highest BCUT2D eigenvalue weighted by molar-refractivity contribution is 6.17. The van der Waals surface area contributed by atoms with Gasteiger partial charge in [0.2, 0.25) is 0 Å². The number of nitrogens with zero attached hydrogens (tertiary/aromatic N) is 1. The molecule has 0 unspecified atom stereocenters. The lowest BCUT2D eigenvalue weighted by atomic mass is 10.2. The molecule has 21 heavy (non-hydrogen) atoms. The Morgan fingerprint density at radius 3 is 2.48 bits per heavy atom. The molecule has 110 valence electrons. The summed E-state index contributed by atoms with van der Waals surface area (Å²) in [6, 6.07) is 11.6. The van der Waals surface area contributed by atoms with Crippen LogP contribution in [0, 0.1) is 10.1 Å². The number of benzene rings is 2. The first-order chi connectivity index (χ1) is 10.2. The second-order valence-corrected chi connectivity index (χ2v) is 4.43. The molecule has 0 aliphatic carbocycles. The normalized spacial score (nSPS) is 10.2. The molecule has 0 spiro atoms. The third-order valence-corrected chi connectivity index (χ3v) is 3.06. The molecule has 0 radical (unpaired) electrons. The zero-order valence-corrected chi connectivity index (χ0v) is 12.2. The number of hydrogen-bond donors (Lipinski definition) is 0. The Morgan fingerprint density at radius 2 is 1.86 bits per heavy atom. The molecular weight excluding hydrogens is 294 g/mol. The van der Waals surface area contributed by atoms with Gasteiger partial charge >= 0.3 is 0 Å². The summed E-state index contributed by atoms with van der Waals surface area (Å²) in [4.78, 5) is 10.3. The Kier molecular flexibility index (Phi) is 5.00. The van der Waals surface area contributed by atoms with Crippen LogP contribution in [0.5, 0.6) is 17.2 Å². The Labute approximate surface area is 127 Å². The summed E-state index contributed by atoms with van der Waals surface area (Å²) in [5.74, 6) is 1.74. The number of nitro groups is 1. The number of ether oxygens (including phenoxy) is 2. The molecule has 2 aromatic carbocycles. The maximum absolute atomic E-state index is 10.8. The van der Waals surface area contributed by atoms with Gasteiger partial charge in [0, 0.05) is 17.7 Å². The smallest absolute Gasteiger partial charge is 0.270 e. The Balaban J connectivity index is 2.33. The van der Waals surface area contributed by atoms with Crippen LogP contribution in [0.3, 0.4) is 0 Å². The molecule has 0 heterocycles. The molecule has 6 heteroatoms. The molecule has 0 aliphatic rings. The first kappa shape index (κ1) is 15.1. The van der Waals surface area contributed by atoms with Crippen molar-refractivity contribution in [1.82, 2.24) is 0 Å². The number of nitro benzene ring substituents is 1. The highest BCUT2D eigenvalue weighted by atomic mass is 35.5. The van der Waals surface area contributed by atoms with Crippen molar-refractivity contribution < 1.29 is 14.4 Å². The van der Waals surface area contributed by atoms with Gasteiger partial charge in [0.15, 0.2) is 11.5 Å². The average molecular weight is 308 g/mol. The molecule has 2 aromatic rings. The highest BCUT2D eigenvalue weighted by Gasteiger charge is 2.13. The fraction of sp³-hybridized carbons (Fsp3) is 0.200. The predicted molar refractivity (Wildman–Crippen MR) is 80.3 cm³/mol. The molecule has 2 rings (SSSR count). The van der Waals surface area contributed by atoms with Crippen LogP contribution in [0.25, 0.3) is 0 Å². The van der Waals surface area contributed by atoms with Gasteiger partial charge in [-0.25, -0.2) is 0 Å². The van der Waals surface area contributed by atoms with Crippen LogP contribution in [-0.2, 0) is 5.88 Å². The van der Waals surface area contributed by atoms with Crippen LogP contribution >= 0.6 is 11.6 Å². The van der Waals surface area contributed by atoms with Gasteiger partial charge in [0.05, 0.1) is 17.4 Å². The van der Waals surface area contributed by atoms with Crippen molar-refractivity contribution in [3.05, 3.63) is 58.1 Å². The number of non-ortho nitro benzene ring substituents is 1. The minimum atomic E-state index is -0.464. The first-order valence-corrected chi connectivity index (χ1v) is 6.92. The lowest BCUT2D eigenvalue weighted by Gasteiger charge is -2.13. The van der Waals surface area contributed by atoms with E-state index in [1.807, 2.05) is 19.1 Å². The maximum Gasteiger partial charge on any atom is 0.270 e. The number of rotatable bonds is 6. The van der Waals surface area contributed by atoms with Gasteiger partial charge in [-0.15, -0.1) is 11.6 Å². The van der Waals surface area contributed by atoms with Crippen LogP contribution in [0.15, 0.2) is 42.5 Å². The van der Waals surface area contributed by atoms with Gasteiger partial charge in [0.25, 0.3) is 5.69 Å². The molecule has 0 fully saturated rings. The zero-order chi connectivity index (χ0) is 15.2. The van der Waals surface area contributed by atoms with E-state index < -0.39 is 4.92 Å². The largest absolute Gasteiger partial charge is 0.490 e. The summed E-state index contributed by atoms with van der Waals surface area (Å²) in [6.45, 7) is 2.40. The van der Waals surface area contributed by atoms with Crippen molar-refractivity contribution in [3.8, 4) is 17.2 Å². The predicted octanol–water partition coefficient (Wildman–Crippen LogP) is 4.52. The second-order valence-electron chi connectivity index (χ2n) is 4.16. The summed E-state index contributed by atoms with van der Waals surface area (Å²) in [6.07, 6.45) is 0. The number of para-hydroxylation sites is 2. The Hall–Kier alpha value is -2.27. The summed E-state index contributed by atoms with van der Waals surface area (Å²) >= 11 is 5.84. The fourth-order valence-corrected chi connectivity index (χ4v) is 2.02. The molecule has 0 aromatic heterocycles. The number of halogens is 1. The monoisotopic (exact) mass is 307 g/mol. The van der Waals surface area contributed by atoms with Crippen molar-refractivity contribution in [2.75, 3.05) is 6.61 Å². The van der Waals surface area contributed by atoms with E-state index in [4.69, 9.17) is 21.1 Å². The summed E-state index contributed by atoms with van der Waals surface area (Å²) in [5, 5.41) is 10.8. The fourth-order valence-electron chi connectivity index (χ4n) is 1.81. The van der Waals surface area contributed by atoms with Gasteiger partial charge in [-0.1, -0.05) is 12.1 Å². The third kappa shape index (κ3) is 3.64. The zero-order valence-electron chi connectivity index (χ0n) is 11.4. The molecule has 0 saturated heterocycles. The minimum absolute atomic E-state index is 0.0175. The number of alkyl halides is 1. The Morgan fingerprint density at radius 1 is 1.14 bits per heavy atom. The van der Waals surface area contributed by atoms with E-state index in [-0.39, 0.29) is 11.6 Å². The van der Waals surface area contributed by atoms with Gasteiger partial charge in [-0.2, -0.15) is 0 Å². The minimum Gasteiger partial charge on any atom is -0.490 e. The topological polar surface area (TPSA) is 61.6 Å². The van der Waals surface area contributed by atoms with E-state index in [1.165, 1.54) is 12.1 Å². The molecule has 0 saturated carbocycles. The molecule has 0 atom stereocenters. The van der Waals surface area contributed by atoms with E-state index in [1.54, 1.807) is 18.2 Å². The summed E-state index contributed by atoms with van der Waals surface area (Å²) in [7, 11) is 0. The van der Waals surface area contributed by atoms with E-state index in [0.717, 1.165) is 0 Å². The average Bonchev–Trinajstić information content (AvgIpc) is 2.49. The van der Waals surface area contributed by atoms with E-state index in [2.05, 4.69) is 0 Å². The summed E-state index contributed by atoms with van der Waals surface area (Å²) < 4.78 is 11.3. The Bertz CT molecular complexity index is 645. The summed E-state index contributed by atoms with van der Waals surface area (Å²) in [5.41, 5.74) is 0.535.